The zero-order chi connectivity index (χ0) is 16.6. The number of nitrogens with zero attached hydrogens (tertiary/aromatic N) is 1. The maximum absolute atomic E-state index is 12.6. The van der Waals surface area contributed by atoms with Crippen LogP contribution < -0.4 is 5.73 Å². The highest BCUT2D eigenvalue weighted by atomic mass is 32.2. The summed E-state index contributed by atoms with van der Waals surface area (Å²) >= 11 is 1.65. The maximum atomic E-state index is 12.6. The van der Waals surface area contributed by atoms with E-state index in [0.29, 0.717) is 29.7 Å². The van der Waals surface area contributed by atoms with E-state index in [2.05, 4.69) is 6.07 Å². The Morgan fingerprint density at radius 2 is 2.00 bits per heavy atom. The summed E-state index contributed by atoms with van der Waals surface area (Å²) in [5, 5.41) is 9.52. The minimum atomic E-state index is -0.417. The van der Waals surface area contributed by atoms with Gasteiger partial charge < -0.3 is 10.5 Å². The number of nitrogens with two attached hydrogens (primary N) is 1. The first kappa shape index (κ1) is 15.7. The quantitative estimate of drug-likeness (QED) is 0.842. The van der Waals surface area contributed by atoms with E-state index in [1.165, 1.54) is 0 Å². The molecule has 1 aliphatic carbocycles. The third kappa shape index (κ3) is 2.75. The zero-order valence-electron chi connectivity index (χ0n) is 13.1. The van der Waals surface area contributed by atoms with Gasteiger partial charge in [0, 0.05) is 23.3 Å². The van der Waals surface area contributed by atoms with Crippen molar-refractivity contribution in [2.24, 2.45) is 11.7 Å². The number of ether oxygens (including phenoxy) is 1. The standard InChI is InChI=1S/C18H18N2O2S/c1-10-7-14(21)17-15(8-10)22-18(20)13(9-19)16(17)11-3-5-12(23-2)6-4-11/h3-6,10,16H,7-8,20H2,1-2H3/t10-,16+/m1/s1. The molecule has 0 radical (unpaired) electrons. The van der Waals surface area contributed by atoms with Gasteiger partial charge in [-0.05, 0) is 29.9 Å². The highest BCUT2D eigenvalue weighted by molar-refractivity contribution is 7.98. The van der Waals surface area contributed by atoms with Gasteiger partial charge in [0.2, 0.25) is 5.88 Å². The Hall–Kier alpha value is -2.19. The van der Waals surface area contributed by atoms with Gasteiger partial charge in [0.25, 0.3) is 0 Å². The first-order valence-corrected chi connectivity index (χ1v) is 8.75. The Labute approximate surface area is 140 Å². The molecule has 0 saturated heterocycles. The van der Waals surface area contributed by atoms with Crippen molar-refractivity contribution in [3.8, 4) is 6.07 Å². The fraction of sp³-hybridized carbons (Fsp3) is 0.333. The molecule has 5 heteroatoms. The van der Waals surface area contributed by atoms with Crippen LogP contribution in [0.1, 0.15) is 31.2 Å². The van der Waals surface area contributed by atoms with Crippen molar-refractivity contribution in [3.63, 3.8) is 0 Å². The number of hydrogen-bond acceptors (Lipinski definition) is 5. The average Bonchev–Trinajstić information content (AvgIpc) is 2.53. The maximum Gasteiger partial charge on any atom is 0.205 e. The molecule has 1 aromatic rings. The number of thioether (sulfide) groups is 1. The molecule has 23 heavy (non-hydrogen) atoms. The molecule has 0 spiro atoms. The van der Waals surface area contributed by atoms with E-state index in [9.17, 15) is 10.1 Å². The largest absolute Gasteiger partial charge is 0.444 e. The molecule has 118 valence electrons. The van der Waals surface area contributed by atoms with Crippen LogP contribution in [0.4, 0.5) is 0 Å². The number of carbonyl (C=O) groups is 1. The van der Waals surface area contributed by atoms with E-state index in [-0.39, 0.29) is 17.6 Å². The monoisotopic (exact) mass is 326 g/mol. The molecule has 0 aromatic heterocycles. The van der Waals surface area contributed by atoms with Gasteiger partial charge in [0.1, 0.15) is 17.4 Å². The van der Waals surface area contributed by atoms with Crippen molar-refractivity contribution in [2.45, 2.75) is 30.6 Å². The molecule has 0 fully saturated rings. The number of rotatable bonds is 2. The second-order valence-corrected chi connectivity index (χ2v) is 6.85. The molecule has 3 rings (SSSR count). The summed E-state index contributed by atoms with van der Waals surface area (Å²) in [6, 6.07) is 10.0. The van der Waals surface area contributed by atoms with Gasteiger partial charge in [-0.15, -0.1) is 11.8 Å². The molecule has 2 aliphatic rings. The van der Waals surface area contributed by atoms with Crippen LogP contribution in [0.3, 0.4) is 0 Å². The molecule has 0 saturated carbocycles. The van der Waals surface area contributed by atoms with Crippen LogP contribution in [0.5, 0.6) is 0 Å². The van der Waals surface area contributed by atoms with Crippen LogP contribution in [0, 0.1) is 17.2 Å². The fourth-order valence-electron chi connectivity index (χ4n) is 3.22. The van der Waals surface area contributed by atoms with Gasteiger partial charge in [-0.25, -0.2) is 0 Å². The summed E-state index contributed by atoms with van der Waals surface area (Å²) in [5.74, 6) is 0.617. The summed E-state index contributed by atoms with van der Waals surface area (Å²) in [6.45, 7) is 2.02. The SMILES string of the molecule is CSc1ccc([C@H]2C(C#N)=C(N)OC3=C2C(=O)C[C@@H](C)C3)cc1. The van der Waals surface area contributed by atoms with Gasteiger partial charge in [0.05, 0.1) is 5.92 Å². The summed E-state index contributed by atoms with van der Waals surface area (Å²) in [5.41, 5.74) is 7.79. The molecule has 1 aromatic carbocycles. The topological polar surface area (TPSA) is 76.1 Å². The Bertz CT molecular complexity index is 756. The molecular weight excluding hydrogens is 308 g/mol. The highest BCUT2D eigenvalue weighted by Gasteiger charge is 2.39. The average molecular weight is 326 g/mol. The van der Waals surface area contributed by atoms with Crippen molar-refractivity contribution < 1.29 is 9.53 Å². The number of allylic oxidation sites excluding steroid dienone is 3. The lowest BCUT2D eigenvalue weighted by Gasteiger charge is -2.33. The molecule has 1 heterocycles. The lowest BCUT2D eigenvalue weighted by molar-refractivity contribution is -0.117. The van der Waals surface area contributed by atoms with E-state index in [4.69, 9.17) is 10.5 Å². The third-order valence-corrected chi connectivity index (χ3v) is 5.06. The second kappa shape index (κ2) is 6.13. The molecule has 0 unspecified atom stereocenters. The van der Waals surface area contributed by atoms with Crippen LogP contribution in [-0.4, -0.2) is 12.0 Å². The summed E-state index contributed by atoms with van der Waals surface area (Å²) in [7, 11) is 0. The molecular formula is C18H18N2O2S. The van der Waals surface area contributed by atoms with Crippen molar-refractivity contribution in [1.29, 1.82) is 5.26 Å². The fourth-order valence-corrected chi connectivity index (χ4v) is 3.63. The Morgan fingerprint density at radius 1 is 1.30 bits per heavy atom. The summed E-state index contributed by atoms with van der Waals surface area (Å²) < 4.78 is 5.62. The van der Waals surface area contributed by atoms with E-state index >= 15 is 0 Å². The molecule has 0 amide bonds. The smallest absolute Gasteiger partial charge is 0.205 e. The van der Waals surface area contributed by atoms with Gasteiger partial charge >= 0.3 is 0 Å². The van der Waals surface area contributed by atoms with Crippen molar-refractivity contribution in [2.75, 3.05) is 6.26 Å². The zero-order valence-corrected chi connectivity index (χ0v) is 13.9. The van der Waals surface area contributed by atoms with Crippen molar-refractivity contribution in [1.82, 2.24) is 0 Å². The van der Waals surface area contributed by atoms with E-state index in [1.807, 2.05) is 37.4 Å². The van der Waals surface area contributed by atoms with Gasteiger partial charge in [-0.3, -0.25) is 4.79 Å². The summed E-state index contributed by atoms with van der Waals surface area (Å²) in [6.07, 6.45) is 3.18. The molecule has 2 atom stereocenters. The minimum Gasteiger partial charge on any atom is -0.444 e. The van der Waals surface area contributed by atoms with E-state index in [0.717, 1.165) is 10.5 Å². The number of ketones is 1. The van der Waals surface area contributed by atoms with Crippen LogP contribution in [0.15, 0.2) is 51.9 Å². The number of Topliss-reactive ketones (excluding diaryl/α,β-unsaturated/α-hetero) is 1. The van der Waals surface area contributed by atoms with Crippen LogP contribution >= 0.6 is 11.8 Å². The number of benzene rings is 1. The summed E-state index contributed by atoms with van der Waals surface area (Å²) in [4.78, 5) is 13.7. The Morgan fingerprint density at radius 3 is 2.61 bits per heavy atom. The minimum absolute atomic E-state index is 0.0537. The number of hydrogen-bond donors (Lipinski definition) is 1. The van der Waals surface area contributed by atoms with Crippen LogP contribution in [0.2, 0.25) is 0 Å². The predicted octanol–water partition coefficient (Wildman–Crippen LogP) is 3.47. The predicted molar refractivity (Wildman–Crippen MR) is 89.3 cm³/mol. The van der Waals surface area contributed by atoms with Crippen molar-refractivity contribution >= 4 is 17.5 Å². The highest BCUT2D eigenvalue weighted by Crippen LogP contribution is 2.44. The van der Waals surface area contributed by atoms with Gasteiger partial charge in [-0.1, -0.05) is 19.1 Å². The lowest BCUT2D eigenvalue weighted by Crippen LogP contribution is -2.29. The first-order valence-electron chi connectivity index (χ1n) is 7.53. The van der Waals surface area contributed by atoms with Crippen LogP contribution in [0.25, 0.3) is 0 Å². The number of nitriles is 1. The third-order valence-electron chi connectivity index (χ3n) is 4.31. The Balaban J connectivity index is 2.13. The first-order chi connectivity index (χ1) is 11.0. The van der Waals surface area contributed by atoms with Gasteiger partial charge in [0.15, 0.2) is 5.78 Å². The second-order valence-electron chi connectivity index (χ2n) is 5.97. The lowest BCUT2D eigenvalue weighted by atomic mass is 9.75. The molecule has 4 nitrogen and oxygen atoms in total. The molecule has 0 bridgehead atoms. The van der Waals surface area contributed by atoms with Crippen molar-refractivity contribution in [3.05, 3.63) is 52.6 Å². The molecule has 2 N–H and O–H groups in total. The Kier molecular flexibility index (Phi) is 4.18. The molecule has 1 aliphatic heterocycles. The van der Waals surface area contributed by atoms with Gasteiger partial charge in [-0.2, -0.15) is 5.26 Å². The van der Waals surface area contributed by atoms with E-state index < -0.39 is 5.92 Å². The number of carbonyl (C=O) groups excluding carboxylic acids is 1. The normalized spacial score (nSPS) is 24.1. The van der Waals surface area contributed by atoms with E-state index in [1.54, 1.807) is 11.8 Å². The van der Waals surface area contributed by atoms with Crippen LogP contribution in [-0.2, 0) is 9.53 Å².